The van der Waals surface area contributed by atoms with E-state index in [1.54, 1.807) is 13.0 Å². The maximum atomic E-state index is 13.1. The summed E-state index contributed by atoms with van der Waals surface area (Å²) in [5, 5.41) is 2.69. The van der Waals surface area contributed by atoms with Gasteiger partial charge >= 0.3 is 12.0 Å². The number of anilines is 1. The molecule has 0 aliphatic carbocycles. The Morgan fingerprint density at radius 2 is 2.12 bits per heavy atom. The molecule has 0 saturated heterocycles. The quantitative estimate of drug-likeness (QED) is 0.809. The van der Waals surface area contributed by atoms with Gasteiger partial charge in [0, 0.05) is 11.4 Å². The number of carbonyl (C=O) groups excluding carboxylic acids is 3. The van der Waals surface area contributed by atoms with Gasteiger partial charge in [-0.25, -0.2) is 9.18 Å². The van der Waals surface area contributed by atoms with E-state index in [1.807, 2.05) is 0 Å². The number of aliphatic imine (C=N–C) groups is 2. The number of nitrogens with zero attached hydrogens (tertiary/aromatic N) is 2. The van der Waals surface area contributed by atoms with Crippen LogP contribution in [-0.4, -0.2) is 41.0 Å². The van der Waals surface area contributed by atoms with E-state index in [9.17, 15) is 18.8 Å². The highest BCUT2D eigenvalue weighted by molar-refractivity contribution is 8.14. The molecule has 132 valence electrons. The van der Waals surface area contributed by atoms with Crippen molar-refractivity contribution in [2.75, 3.05) is 17.7 Å². The molecule has 0 fully saturated rings. The van der Waals surface area contributed by atoms with E-state index in [0.717, 1.165) is 11.8 Å². The van der Waals surface area contributed by atoms with Crippen LogP contribution in [0.15, 0.2) is 34.3 Å². The molecule has 1 aromatic carbocycles. The van der Waals surface area contributed by atoms with Crippen LogP contribution in [0.1, 0.15) is 13.8 Å². The lowest BCUT2D eigenvalue weighted by atomic mass is 10.1. The molecule has 1 heterocycles. The second kappa shape index (κ2) is 8.52. The summed E-state index contributed by atoms with van der Waals surface area (Å²) in [5.41, 5.74) is 0.582. The monoisotopic (exact) mass is 365 g/mol. The minimum atomic E-state index is -0.899. The van der Waals surface area contributed by atoms with E-state index in [-0.39, 0.29) is 23.1 Å². The van der Waals surface area contributed by atoms with Crippen molar-refractivity contribution in [1.29, 1.82) is 0 Å². The number of rotatable bonds is 5. The van der Waals surface area contributed by atoms with Crippen molar-refractivity contribution in [3.05, 3.63) is 30.1 Å². The van der Waals surface area contributed by atoms with Crippen LogP contribution >= 0.6 is 11.8 Å². The molecule has 1 aromatic rings. The predicted molar refractivity (Wildman–Crippen MR) is 93.6 cm³/mol. The molecular formula is C16H16FN3O4S. The molecule has 1 N–H and O–H groups in total. The maximum absolute atomic E-state index is 13.1. The van der Waals surface area contributed by atoms with Gasteiger partial charge in [0.25, 0.3) is 0 Å². The molecule has 25 heavy (non-hydrogen) atoms. The number of halogens is 1. The van der Waals surface area contributed by atoms with Crippen molar-refractivity contribution >= 4 is 46.1 Å². The highest BCUT2D eigenvalue weighted by Gasteiger charge is 2.33. The third-order valence-corrected chi connectivity index (χ3v) is 4.15. The van der Waals surface area contributed by atoms with Crippen molar-refractivity contribution in [3.8, 4) is 0 Å². The second-order valence-corrected chi connectivity index (χ2v) is 6.01. The Morgan fingerprint density at radius 1 is 1.36 bits per heavy atom. The average Bonchev–Trinajstić information content (AvgIpc) is 2.52. The Kier molecular flexibility index (Phi) is 6.40. The number of ether oxygens (including phenoxy) is 1. The van der Waals surface area contributed by atoms with Crippen LogP contribution in [0, 0.1) is 11.7 Å². The van der Waals surface area contributed by atoms with Gasteiger partial charge in [-0.1, -0.05) is 17.8 Å². The molecular weight excluding hydrogens is 349 g/mol. The molecule has 1 atom stereocenters. The number of amides is 3. The van der Waals surface area contributed by atoms with Gasteiger partial charge in [-0.3, -0.25) is 9.59 Å². The summed E-state index contributed by atoms with van der Waals surface area (Å²) in [6.45, 7) is 3.37. The lowest BCUT2D eigenvalue weighted by molar-refractivity contribution is -0.143. The first-order valence-corrected chi connectivity index (χ1v) is 8.42. The molecule has 1 unspecified atom stereocenters. The highest BCUT2D eigenvalue weighted by atomic mass is 32.2. The average molecular weight is 365 g/mol. The summed E-state index contributed by atoms with van der Waals surface area (Å²) >= 11 is 0.940. The first-order valence-electron chi connectivity index (χ1n) is 7.43. The topological polar surface area (TPSA) is 97.2 Å². The van der Waals surface area contributed by atoms with Gasteiger partial charge in [0.2, 0.25) is 5.91 Å². The van der Waals surface area contributed by atoms with E-state index >= 15 is 0 Å². The van der Waals surface area contributed by atoms with E-state index in [1.165, 1.54) is 25.1 Å². The Balaban J connectivity index is 2.02. The maximum Gasteiger partial charge on any atom is 0.367 e. The van der Waals surface area contributed by atoms with Crippen LogP contribution in [0.2, 0.25) is 0 Å². The van der Waals surface area contributed by atoms with Crippen LogP contribution in [-0.2, 0) is 14.3 Å². The summed E-state index contributed by atoms with van der Waals surface area (Å²) in [6.07, 6.45) is 0. The Hall–Kier alpha value is -2.55. The van der Waals surface area contributed by atoms with E-state index < -0.39 is 29.6 Å². The fourth-order valence-electron chi connectivity index (χ4n) is 2.09. The van der Waals surface area contributed by atoms with E-state index in [2.05, 4.69) is 15.3 Å². The van der Waals surface area contributed by atoms with E-state index in [0.29, 0.717) is 5.69 Å². The Labute approximate surface area is 147 Å². The Bertz CT molecular complexity index is 764. The molecule has 0 bridgehead atoms. The fourth-order valence-corrected chi connectivity index (χ4v) is 3.02. The van der Waals surface area contributed by atoms with Crippen molar-refractivity contribution in [3.63, 3.8) is 0 Å². The Morgan fingerprint density at radius 3 is 2.80 bits per heavy atom. The molecule has 0 saturated carbocycles. The summed E-state index contributed by atoms with van der Waals surface area (Å²) in [4.78, 5) is 42.9. The predicted octanol–water partition coefficient (Wildman–Crippen LogP) is 2.67. The van der Waals surface area contributed by atoms with Crippen molar-refractivity contribution in [2.45, 2.75) is 13.8 Å². The van der Waals surface area contributed by atoms with Crippen molar-refractivity contribution in [2.24, 2.45) is 15.9 Å². The largest absolute Gasteiger partial charge is 0.465 e. The number of esters is 1. The summed E-state index contributed by atoms with van der Waals surface area (Å²) in [6, 6.07) is 4.73. The summed E-state index contributed by atoms with van der Waals surface area (Å²) in [7, 11) is 0. The molecule has 2 rings (SSSR count). The SMILES string of the molecule is CCOC(=O)C1C(C)=NC(=O)N=C1SCC(=O)Nc1cccc(F)c1. The number of benzene rings is 1. The van der Waals surface area contributed by atoms with Crippen LogP contribution in [0.5, 0.6) is 0 Å². The van der Waals surface area contributed by atoms with Crippen LogP contribution in [0.4, 0.5) is 14.9 Å². The fraction of sp³-hybridized carbons (Fsp3) is 0.312. The number of hydrogen-bond acceptors (Lipinski definition) is 5. The molecule has 3 amide bonds. The van der Waals surface area contributed by atoms with Crippen molar-refractivity contribution in [1.82, 2.24) is 0 Å². The second-order valence-electron chi connectivity index (χ2n) is 5.02. The summed E-state index contributed by atoms with van der Waals surface area (Å²) in [5.74, 6) is -2.47. The molecule has 1 aliphatic rings. The number of thioether (sulfide) groups is 1. The van der Waals surface area contributed by atoms with Gasteiger partial charge in [-0.05, 0) is 32.0 Å². The molecule has 9 heteroatoms. The zero-order chi connectivity index (χ0) is 18.4. The third kappa shape index (κ3) is 5.21. The molecule has 7 nitrogen and oxygen atoms in total. The highest BCUT2D eigenvalue weighted by Crippen LogP contribution is 2.22. The smallest absolute Gasteiger partial charge is 0.367 e. The van der Waals surface area contributed by atoms with Gasteiger partial charge in [0.15, 0.2) is 0 Å². The minimum absolute atomic E-state index is 0.105. The third-order valence-electron chi connectivity index (χ3n) is 3.12. The standard InChI is InChI=1S/C16H16FN3O4S/c1-3-24-15(22)13-9(2)18-16(23)20-14(13)25-8-12(21)19-11-6-4-5-10(17)7-11/h4-7,13H,3,8H2,1-2H3,(H,19,21). The molecule has 0 radical (unpaired) electrons. The van der Waals surface area contributed by atoms with Gasteiger partial charge in [-0.15, -0.1) is 0 Å². The molecule has 1 aliphatic heterocycles. The van der Waals surface area contributed by atoms with Crippen molar-refractivity contribution < 1.29 is 23.5 Å². The number of carbonyl (C=O) groups is 3. The first kappa shape index (κ1) is 18.8. The number of urea groups is 1. The zero-order valence-corrected chi connectivity index (χ0v) is 14.4. The van der Waals surface area contributed by atoms with Gasteiger partial charge in [0.1, 0.15) is 11.7 Å². The van der Waals surface area contributed by atoms with Crippen LogP contribution in [0.25, 0.3) is 0 Å². The van der Waals surface area contributed by atoms with E-state index in [4.69, 9.17) is 4.74 Å². The number of hydrogen-bond donors (Lipinski definition) is 1. The van der Waals surface area contributed by atoms with Gasteiger partial charge in [0.05, 0.1) is 17.4 Å². The minimum Gasteiger partial charge on any atom is -0.465 e. The van der Waals surface area contributed by atoms with Gasteiger partial charge < -0.3 is 10.1 Å². The van der Waals surface area contributed by atoms with Gasteiger partial charge in [-0.2, -0.15) is 9.98 Å². The van der Waals surface area contributed by atoms with Crippen LogP contribution < -0.4 is 5.32 Å². The summed E-state index contributed by atoms with van der Waals surface area (Å²) < 4.78 is 18.1. The number of nitrogens with one attached hydrogen (secondary N) is 1. The first-order chi connectivity index (χ1) is 11.9. The normalized spacial score (nSPS) is 16.8. The lowest BCUT2D eigenvalue weighted by Gasteiger charge is -2.19. The zero-order valence-electron chi connectivity index (χ0n) is 13.6. The molecule has 0 spiro atoms. The van der Waals surface area contributed by atoms with Crippen LogP contribution in [0.3, 0.4) is 0 Å². The lowest BCUT2D eigenvalue weighted by Crippen LogP contribution is -2.34. The molecule has 0 aromatic heterocycles.